The maximum atomic E-state index is 9.58. The molecule has 0 N–H and O–H groups in total. The van der Waals surface area contributed by atoms with Gasteiger partial charge in [0, 0.05) is 58.0 Å². The molecule has 0 atom stereocenters. The third-order valence-electron chi connectivity index (χ3n) is 16.3. The largest absolute Gasteiger partial charge is 0.456 e. The minimum atomic E-state index is 0. The SMILES string of the molecule is Brc1cccc(-c2ccc3oc4ccc(Br)cc4c3c2)c1.N#Cc1ccc2c(c1)-c1ccccc1C2.[C-]#[N+]c1ccc2c(c1)c1ccccc1n2-c1cccc(-c2ccc3oc4ccc(-n5c6ccccc6c6cc(C#N)ccc65)cc4c3c2)c1.[CH3-]. The Kier molecular flexibility index (Phi) is 13.5. The van der Waals surface area contributed by atoms with Crippen LogP contribution < -0.4 is 0 Å². The molecule has 12 aromatic carbocycles. The maximum absolute atomic E-state index is 9.58. The van der Waals surface area contributed by atoms with Gasteiger partial charge in [-0.25, -0.2) is 4.85 Å². The van der Waals surface area contributed by atoms with Crippen LogP contribution in [0.1, 0.15) is 22.3 Å². The zero-order valence-electron chi connectivity index (χ0n) is 46.2. The average Bonchev–Trinajstić information content (AvgIpc) is 2.02. The molecule has 0 unspecified atom stereocenters. The van der Waals surface area contributed by atoms with Crippen LogP contribution in [-0.4, -0.2) is 9.13 Å². The maximum Gasteiger partial charge on any atom is 0.188 e. The van der Waals surface area contributed by atoms with Crippen molar-refractivity contribution in [2.24, 2.45) is 0 Å². The Morgan fingerprint density at radius 2 is 0.872 bits per heavy atom. The molecule has 9 heteroatoms. The minimum absolute atomic E-state index is 0. The van der Waals surface area contributed by atoms with Crippen molar-refractivity contribution >= 4 is 125 Å². The standard InChI is InChI=1S/C44H24N4O.C18H10Br2O.C14H9N.CH3/c1-46-30-15-18-42-36(24-30)34-10-3-5-12-40(34)47(42)31-8-6-7-28(22-31)29-14-19-43-37(23-29)38-25-32(16-20-44(38)49-43)48-39-11-4-2-9-33(39)35-21-27(26-45)13-17-41(35)48;19-13-3-1-2-11(8-13)12-4-6-17-15(9-12)16-10-14(20)5-7-18(16)21-17;15-9-10-5-6-12-8-11-3-1-2-4-13(11)14(12)7-10;/h2-25H;1-10H;1-7H,8H2;1H3/q;;;-1. The van der Waals surface area contributed by atoms with Gasteiger partial charge in [0.15, 0.2) is 5.69 Å². The number of hydrogen-bond donors (Lipinski definition) is 0. The van der Waals surface area contributed by atoms with E-state index in [0.29, 0.717) is 11.3 Å². The lowest BCUT2D eigenvalue weighted by Gasteiger charge is -2.11. The summed E-state index contributed by atoms with van der Waals surface area (Å²) in [5.74, 6) is 0. The fourth-order valence-electron chi connectivity index (χ4n) is 12.3. The lowest BCUT2D eigenvalue weighted by Crippen LogP contribution is -1.94. The minimum Gasteiger partial charge on any atom is -0.456 e. The van der Waals surface area contributed by atoms with Gasteiger partial charge in [0.2, 0.25) is 0 Å². The van der Waals surface area contributed by atoms with Crippen LogP contribution in [0.25, 0.3) is 137 Å². The number of halogens is 2. The summed E-state index contributed by atoms with van der Waals surface area (Å²) in [6.07, 6.45) is 0.997. The number of benzene rings is 12. The molecule has 4 heterocycles. The van der Waals surface area contributed by atoms with Crippen LogP contribution in [0.3, 0.4) is 0 Å². The topological polar surface area (TPSA) is 88.1 Å². The van der Waals surface area contributed by atoms with Gasteiger partial charge in [0.25, 0.3) is 0 Å². The molecular weight excluding hydrogens is 1190 g/mol. The lowest BCUT2D eigenvalue weighted by atomic mass is 10.0. The van der Waals surface area contributed by atoms with E-state index in [4.69, 9.17) is 20.7 Å². The van der Waals surface area contributed by atoms with E-state index in [1.807, 2.05) is 84.9 Å². The van der Waals surface area contributed by atoms with Gasteiger partial charge < -0.3 is 25.4 Å². The molecule has 0 saturated carbocycles. The van der Waals surface area contributed by atoms with Crippen molar-refractivity contribution < 1.29 is 8.83 Å². The summed E-state index contributed by atoms with van der Waals surface area (Å²) < 4.78 is 18.9. The highest BCUT2D eigenvalue weighted by Gasteiger charge is 2.20. The molecule has 0 radical (unpaired) electrons. The van der Waals surface area contributed by atoms with E-state index in [2.05, 4.69) is 222 Å². The molecule has 0 bridgehead atoms. The molecule has 0 saturated heterocycles. The second-order valence-corrected chi connectivity index (χ2v) is 23.0. The van der Waals surface area contributed by atoms with Gasteiger partial charge in [-0.05, 0) is 196 Å². The molecule has 1 aliphatic rings. The first-order valence-electron chi connectivity index (χ1n) is 27.7. The van der Waals surface area contributed by atoms with Gasteiger partial charge >= 0.3 is 0 Å². The number of nitriles is 2. The van der Waals surface area contributed by atoms with E-state index in [-0.39, 0.29) is 7.43 Å². The Bertz CT molecular complexity index is 5560. The molecule has 1 aliphatic carbocycles. The summed E-state index contributed by atoms with van der Waals surface area (Å²) in [7, 11) is 0. The van der Waals surface area contributed by atoms with Crippen molar-refractivity contribution in [2.45, 2.75) is 6.42 Å². The number of aromatic nitrogens is 2. The zero-order valence-corrected chi connectivity index (χ0v) is 49.4. The normalized spacial score (nSPS) is 11.4. The Labute approximate surface area is 512 Å². The Hall–Kier alpha value is -10.7. The first kappa shape index (κ1) is 53.3. The van der Waals surface area contributed by atoms with Crippen LogP contribution in [0.5, 0.6) is 0 Å². The summed E-state index contributed by atoms with van der Waals surface area (Å²) in [5.41, 5.74) is 21.7. The predicted octanol–water partition coefficient (Wildman–Crippen LogP) is 22.2. The second-order valence-electron chi connectivity index (χ2n) is 21.2. The van der Waals surface area contributed by atoms with Crippen LogP contribution >= 0.6 is 31.9 Å². The predicted molar refractivity (Wildman–Crippen MR) is 359 cm³/mol. The van der Waals surface area contributed by atoms with E-state index in [1.54, 1.807) is 0 Å². The number of furan rings is 2. The van der Waals surface area contributed by atoms with Crippen molar-refractivity contribution in [3.63, 3.8) is 0 Å². The van der Waals surface area contributed by atoms with E-state index in [9.17, 15) is 5.26 Å². The van der Waals surface area contributed by atoms with E-state index < -0.39 is 0 Å². The highest BCUT2D eigenvalue weighted by atomic mass is 79.9. The van der Waals surface area contributed by atoms with Crippen molar-refractivity contribution in [1.82, 2.24) is 9.13 Å². The van der Waals surface area contributed by atoms with Crippen LogP contribution in [0, 0.1) is 36.7 Å². The molecule has 0 fully saturated rings. The molecule has 0 spiro atoms. The monoisotopic (exact) mass is 1230 g/mol. The first-order valence-corrected chi connectivity index (χ1v) is 29.3. The van der Waals surface area contributed by atoms with Gasteiger partial charge in [0.1, 0.15) is 22.3 Å². The molecular formula is C77H46Br2N5O2-. The molecule has 17 rings (SSSR count). The van der Waals surface area contributed by atoms with Crippen molar-refractivity contribution in [3.05, 3.63) is 299 Å². The first-order chi connectivity index (χ1) is 41.8. The molecule has 86 heavy (non-hydrogen) atoms. The van der Waals surface area contributed by atoms with Crippen molar-refractivity contribution in [3.8, 4) is 56.9 Å². The van der Waals surface area contributed by atoms with E-state index >= 15 is 0 Å². The lowest BCUT2D eigenvalue weighted by molar-refractivity contribution is 0.668. The van der Waals surface area contributed by atoms with Crippen LogP contribution in [0.4, 0.5) is 5.69 Å². The summed E-state index contributed by atoms with van der Waals surface area (Å²) in [5, 5.41) is 27.2. The third kappa shape index (κ3) is 9.26. The second kappa shape index (κ2) is 21.8. The smallest absolute Gasteiger partial charge is 0.188 e. The summed E-state index contributed by atoms with van der Waals surface area (Å²) in [4.78, 5) is 3.68. The molecule has 406 valence electrons. The zero-order chi connectivity index (χ0) is 57.3. The van der Waals surface area contributed by atoms with Gasteiger partial charge in [-0.15, -0.1) is 0 Å². The van der Waals surface area contributed by atoms with Gasteiger partial charge in [-0.3, -0.25) is 0 Å². The summed E-state index contributed by atoms with van der Waals surface area (Å²) in [6, 6.07) is 89.5. The fraction of sp³-hybridized carbons (Fsp3) is 0.0130. The quantitative estimate of drug-likeness (QED) is 0.164. The number of para-hydroxylation sites is 2. The highest BCUT2D eigenvalue weighted by Crippen LogP contribution is 2.41. The average molecular weight is 1230 g/mol. The molecule has 0 aliphatic heterocycles. The molecule has 0 amide bonds. The van der Waals surface area contributed by atoms with E-state index in [0.717, 1.165) is 131 Å². The summed E-state index contributed by atoms with van der Waals surface area (Å²) in [6.45, 7) is 7.54. The Balaban J connectivity index is 0.000000144. The van der Waals surface area contributed by atoms with Gasteiger partial charge in [-0.2, -0.15) is 10.5 Å². The summed E-state index contributed by atoms with van der Waals surface area (Å²) >= 11 is 7.05. The van der Waals surface area contributed by atoms with Crippen LogP contribution in [-0.2, 0) is 6.42 Å². The highest BCUT2D eigenvalue weighted by molar-refractivity contribution is 9.10. The van der Waals surface area contributed by atoms with Crippen LogP contribution in [0.2, 0.25) is 0 Å². The van der Waals surface area contributed by atoms with Gasteiger partial charge in [-0.1, -0.05) is 141 Å². The number of nitrogens with zero attached hydrogens (tertiary/aromatic N) is 5. The number of hydrogen-bond acceptors (Lipinski definition) is 4. The molecule has 7 nitrogen and oxygen atoms in total. The van der Waals surface area contributed by atoms with Crippen LogP contribution in [0.15, 0.2) is 267 Å². The fourth-order valence-corrected chi connectivity index (χ4v) is 13.1. The third-order valence-corrected chi connectivity index (χ3v) is 17.2. The number of fused-ring (bicyclic) bond motifs is 15. The molecule has 16 aromatic rings. The van der Waals surface area contributed by atoms with Gasteiger partial charge in [0.05, 0.1) is 51.9 Å². The Morgan fingerprint density at radius 3 is 1.55 bits per heavy atom. The number of rotatable bonds is 4. The van der Waals surface area contributed by atoms with Crippen molar-refractivity contribution in [1.29, 1.82) is 10.5 Å². The molecule has 4 aromatic heterocycles. The van der Waals surface area contributed by atoms with Crippen molar-refractivity contribution in [2.75, 3.05) is 0 Å². The Morgan fingerprint density at radius 1 is 0.372 bits per heavy atom. The van der Waals surface area contributed by atoms with E-state index in [1.165, 1.54) is 33.4 Å².